The van der Waals surface area contributed by atoms with Crippen molar-refractivity contribution >= 4 is 51.7 Å². The van der Waals surface area contributed by atoms with Crippen LogP contribution in [0.15, 0.2) is 28.0 Å². The largest absolute Gasteiger partial charge is 0.394 e. The van der Waals surface area contributed by atoms with Gasteiger partial charge >= 0.3 is 0 Å². The van der Waals surface area contributed by atoms with Crippen LogP contribution >= 0.6 is 24.0 Å². The lowest BCUT2D eigenvalue weighted by Crippen LogP contribution is -2.29. The van der Waals surface area contributed by atoms with E-state index in [0.29, 0.717) is 46.0 Å². The number of aliphatic hydroxyl groups excluding tert-OH is 1. The summed E-state index contributed by atoms with van der Waals surface area (Å²) in [5.41, 5.74) is 1.46. The molecule has 0 radical (unpaired) electrons. The highest BCUT2D eigenvalue weighted by atomic mass is 32.2. The zero-order chi connectivity index (χ0) is 28.0. The van der Waals surface area contributed by atoms with Crippen molar-refractivity contribution in [2.24, 2.45) is 0 Å². The Morgan fingerprint density at radius 1 is 1.08 bits per heavy atom. The number of aryl methyl sites for hydroxylation is 1. The molecule has 2 aromatic heterocycles. The summed E-state index contributed by atoms with van der Waals surface area (Å²) < 4.78 is 7.36. The molecule has 2 N–H and O–H groups in total. The molecule has 214 valence electrons. The predicted octanol–water partition coefficient (Wildman–Crippen LogP) is 5.55. The number of hydrogen-bond acceptors (Lipinski definition) is 8. The lowest BCUT2D eigenvalue weighted by molar-refractivity contribution is -0.122. The summed E-state index contributed by atoms with van der Waals surface area (Å²) in [7, 11) is 0. The van der Waals surface area contributed by atoms with Gasteiger partial charge in [-0.25, -0.2) is 4.98 Å². The maximum Gasteiger partial charge on any atom is 0.267 e. The average Bonchev–Trinajstić information content (AvgIpc) is 3.19. The van der Waals surface area contributed by atoms with Gasteiger partial charge in [-0.05, 0) is 31.1 Å². The van der Waals surface area contributed by atoms with Crippen molar-refractivity contribution in [1.82, 2.24) is 14.3 Å². The van der Waals surface area contributed by atoms with Crippen molar-refractivity contribution < 1.29 is 14.6 Å². The first kappa shape index (κ1) is 31.3. The Bertz CT molecular complexity index is 1200. The second kappa shape index (κ2) is 16.7. The SMILES string of the molecule is CCCCCCCCCCCCN1C(=O)/C(=C\c2c(NCCOCCO)nc3c(C)cccn3c2=O)SC1=S. The van der Waals surface area contributed by atoms with Crippen LogP contribution < -0.4 is 10.9 Å². The van der Waals surface area contributed by atoms with E-state index in [2.05, 4.69) is 12.2 Å². The molecule has 0 atom stereocenters. The number of pyridine rings is 1. The minimum atomic E-state index is -0.262. The smallest absolute Gasteiger partial charge is 0.267 e. The fourth-order valence-electron chi connectivity index (χ4n) is 4.57. The lowest BCUT2D eigenvalue weighted by atomic mass is 10.1. The van der Waals surface area contributed by atoms with Crippen molar-refractivity contribution in [2.45, 2.75) is 78.1 Å². The summed E-state index contributed by atoms with van der Waals surface area (Å²) in [6.45, 7) is 5.66. The van der Waals surface area contributed by atoms with Crippen LogP contribution in [0.4, 0.5) is 5.82 Å². The number of amides is 1. The van der Waals surface area contributed by atoms with Crippen molar-refractivity contribution in [3.8, 4) is 0 Å². The number of carbonyl (C=O) groups is 1. The number of carbonyl (C=O) groups excluding carboxylic acids is 1. The molecular formula is C29H42N4O4S2. The number of anilines is 1. The van der Waals surface area contributed by atoms with E-state index < -0.39 is 0 Å². The number of fused-ring (bicyclic) bond motifs is 1. The second-order valence-electron chi connectivity index (χ2n) is 9.84. The van der Waals surface area contributed by atoms with E-state index in [1.807, 2.05) is 13.0 Å². The number of aliphatic hydroxyl groups is 1. The molecule has 0 aromatic carbocycles. The van der Waals surface area contributed by atoms with E-state index in [1.165, 1.54) is 67.5 Å². The van der Waals surface area contributed by atoms with Crippen molar-refractivity contribution in [1.29, 1.82) is 0 Å². The summed E-state index contributed by atoms with van der Waals surface area (Å²) in [5.74, 6) is 0.230. The second-order valence-corrected chi connectivity index (χ2v) is 11.5. The number of rotatable bonds is 18. The van der Waals surface area contributed by atoms with Crippen LogP contribution in [0.3, 0.4) is 0 Å². The highest BCUT2D eigenvalue weighted by molar-refractivity contribution is 8.26. The van der Waals surface area contributed by atoms with E-state index in [9.17, 15) is 9.59 Å². The Kier molecular flexibility index (Phi) is 13.4. The number of hydrogen-bond donors (Lipinski definition) is 2. The van der Waals surface area contributed by atoms with Crippen molar-refractivity contribution in [3.05, 3.63) is 44.7 Å². The number of nitrogens with one attached hydrogen (secondary N) is 1. The topological polar surface area (TPSA) is 96.2 Å². The van der Waals surface area contributed by atoms with Crippen molar-refractivity contribution in [2.75, 3.05) is 38.2 Å². The highest BCUT2D eigenvalue weighted by Crippen LogP contribution is 2.33. The van der Waals surface area contributed by atoms with E-state index in [-0.39, 0.29) is 24.7 Å². The number of thiocarbonyl (C=S) groups is 1. The van der Waals surface area contributed by atoms with Gasteiger partial charge in [0, 0.05) is 19.3 Å². The standard InChI is InChI=1S/C29H42N4O4S2/c1-3-4-5-6-7-8-9-10-11-12-16-33-28(36)24(39-29(33)38)21-23-25(30-15-19-37-20-18-34)31-26-22(2)14-13-17-32(26)27(23)35/h13-14,17,21,30,34H,3-12,15-16,18-20H2,1-2H3/b24-21+. The number of ether oxygens (including phenoxy) is 1. The molecule has 1 fully saturated rings. The number of thioether (sulfide) groups is 1. The van der Waals surface area contributed by atoms with Gasteiger partial charge in [0.25, 0.3) is 11.5 Å². The van der Waals surface area contributed by atoms with Gasteiger partial charge in [-0.15, -0.1) is 0 Å². The fraction of sp³-hybridized carbons (Fsp3) is 0.586. The van der Waals surface area contributed by atoms with Crippen molar-refractivity contribution in [3.63, 3.8) is 0 Å². The molecule has 10 heteroatoms. The quantitative estimate of drug-likeness (QED) is 0.136. The molecule has 1 aliphatic rings. The first-order valence-electron chi connectivity index (χ1n) is 14.2. The molecule has 0 unspecified atom stereocenters. The summed E-state index contributed by atoms with van der Waals surface area (Å²) in [5, 5.41) is 12.1. The Morgan fingerprint density at radius 2 is 1.77 bits per heavy atom. The van der Waals surface area contributed by atoms with Crippen LogP contribution in [-0.4, -0.2) is 62.5 Å². The molecule has 39 heavy (non-hydrogen) atoms. The van der Waals surface area contributed by atoms with Crippen LogP contribution in [-0.2, 0) is 9.53 Å². The molecule has 3 heterocycles. The number of unbranched alkanes of at least 4 members (excludes halogenated alkanes) is 9. The number of nitrogens with zero attached hydrogens (tertiary/aromatic N) is 3. The van der Waals surface area contributed by atoms with Crippen LogP contribution in [0, 0.1) is 6.92 Å². The molecule has 1 saturated heterocycles. The molecule has 0 spiro atoms. The first-order chi connectivity index (χ1) is 19.0. The Hall–Kier alpha value is -2.27. The summed E-state index contributed by atoms with van der Waals surface area (Å²) in [4.78, 5) is 33.5. The molecule has 0 saturated carbocycles. The van der Waals surface area contributed by atoms with Gasteiger partial charge in [0.2, 0.25) is 0 Å². The molecule has 1 aliphatic heterocycles. The molecular weight excluding hydrogens is 532 g/mol. The fourth-order valence-corrected chi connectivity index (χ4v) is 5.86. The van der Waals surface area contributed by atoms with Gasteiger partial charge in [0.1, 0.15) is 15.8 Å². The maximum absolute atomic E-state index is 13.5. The van der Waals surface area contributed by atoms with Gasteiger partial charge in [0.05, 0.1) is 30.3 Å². The van der Waals surface area contributed by atoms with Gasteiger partial charge < -0.3 is 15.2 Å². The molecule has 1 amide bonds. The minimum absolute atomic E-state index is 0.0546. The van der Waals surface area contributed by atoms with E-state index >= 15 is 0 Å². The Morgan fingerprint density at radius 3 is 2.46 bits per heavy atom. The number of aromatic nitrogens is 2. The Balaban J connectivity index is 1.65. The van der Waals surface area contributed by atoms with Crippen LogP contribution in [0.25, 0.3) is 11.7 Å². The van der Waals surface area contributed by atoms with Gasteiger partial charge in [-0.1, -0.05) is 94.8 Å². The molecule has 0 aliphatic carbocycles. The normalized spacial score (nSPS) is 14.7. The molecule has 0 bridgehead atoms. The summed E-state index contributed by atoms with van der Waals surface area (Å²) in [6, 6.07) is 3.70. The monoisotopic (exact) mass is 574 g/mol. The van der Waals surface area contributed by atoms with Crippen LogP contribution in [0.1, 0.15) is 82.3 Å². The summed E-state index contributed by atoms with van der Waals surface area (Å²) >= 11 is 6.76. The predicted molar refractivity (Wildman–Crippen MR) is 164 cm³/mol. The third-order valence-corrected chi connectivity index (χ3v) is 8.12. The van der Waals surface area contributed by atoms with Gasteiger partial charge in [0.15, 0.2) is 0 Å². The van der Waals surface area contributed by atoms with E-state index in [0.717, 1.165) is 18.4 Å². The minimum Gasteiger partial charge on any atom is -0.394 e. The Labute approximate surface area is 241 Å². The lowest BCUT2D eigenvalue weighted by Gasteiger charge is -2.14. The average molecular weight is 575 g/mol. The maximum atomic E-state index is 13.5. The van der Waals surface area contributed by atoms with Gasteiger partial charge in [-0.3, -0.25) is 18.9 Å². The van der Waals surface area contributed by atoms with Crippen LogP contribution in [0.5, 0.6) is 0 Å². The zero-order valence-corrected chi connectivity index (χ0v) is 24.9. The zero-order valence-electron chi connectivity index (χ0n) is 23.2. The third kappa shape index (κ3) is 9.13. The molecule has 8 nitrogen and oxygen atoms in total. The molecule has 2 aromatic rings. The third-order valence-electron chi connectivity index (χ3n) is 6.74. The van der Waals surface area contributed by atoms with E-state index in [1.54, 1.807) is 23.2 Å². The van der Waals surface area contributed by atoms with Crippen LogP contribution in [0.2, 0.25) is 0 Å². The molecule has 3 rings (SSSR count). The summed E-state index contributed by atoms with van der Waals surface area (Å²) in [6.07, 6.45) is 15.6. The van der Waals surface area contributed by atoms with E-state index in [4.69, 9.17) is 27.0 Å². The highest BCUT2D eigenvalue weighted by Gasteiger charge is 2.32. The first-order valence-corrected chi connectivity index (χ1v) is 15.4. The van der Waals surface area contributed by atoms with Gasteiger partial charge in [-0.2, -0.15) is 0 Å².